The zero-order chi connectivity index (χ0) is 19.1. The van der Waals surface area contributed by atoms with E-state index in [9.17, 15) is 4.39 Å². The predicted molar refractivity (Wildman–Crippen MR) is 103 cm³/mol. The fraction of sp³-hybridized carbons (Fsp3) is 0.227. The Balaban J connectivity index is 1.86. The van der Waals surface area contributed by atoms with Crippen LogP contribution in [-0.4, -0.2) is 24.1 Å². The lowest BCUT2D eigenvalue weighted by Crippen LogP contribution is -2.23. The van der Waals surface area contributed by atoms with E-state index in [-0.39, 0.29) is 5.82 Å². The molecule has 0 atom stereocenters. The average molecular weight is 366 g/mol. The van der Waals surface area contributed by atoms with Gasteiger partial charge in [0.25, 0.3) is 0 Å². The van der Waals surface area contributed by atoms with E-state index in [0.29, 0.717) is 25.2 Å². The molecule has 5 heteroatoms. The first-order valence-electron chi connectivity index (χ1n) is 8.75. The van der Waals surface area contributed by atoms with E-state index in [1.807, 2.05) is 42.5 Å². The molecule has 0 aliphatic carbocycles. The van der Waals surface area contributed by atoms with E-state index < -0.39 is 0 Å². The summed E-state index contributed by atoms with van der Waals surface area (Å²) in [7, 11) is 3.27. The number of methoxy groups -OCH3 is 2. The van der Waals surface area contributed by atoms with Gasteiger partial charge in [0.15, 0.2) is 0 Å². The molecule has 2 aromatic carbocycles. The number of ether oxygens (including phenoxy) is 2. The maximum absolute atomic E-state index is 14.2. The lowest BCUT2D eigenvalue weighted by atomic mass is 10.1. The molecule has 0 spiro atoms. The molecule has 140 valence electrons. The summed E-state index contributed by atoms with van der Waals surface area (Å²) in [5.41, 5.74) is 2.80. The fourth-order valence-corrected chi connectivity index (χ4v) is 3.01. The van der Waals surface area contributed by atoms with E-state index in [2.05, 4.69) is 9.88 Å². The molecule has 4 nitrogen and oxygen atoms in total. The second-order valence-electron chi connectivity index (χ2n) is 6.27. The smallest absolute Gasteiger partial charge is 0.127 e. The van der Waals surface area contributed by atoms with Gasteiger partial charge >= 0.3 is 0 Å². The third-order valence-corrected chi connectivity index (χ3v) is 4.40. The van der Waals surface area contributed by atoms with Crippen molar-refractivity contribution < 1.29 is 13.9 Å². The molecular weight excluding hydrogens is 343 g/mol. The molecule has 1 aromatic heterocycles. The van der Waals surface area contributed by atoms with Gasteiger partial charge in [-0.3, -0.25) is 9.88 Å². The zero-order valence-corrected chi connectivity index (χ0v) is 15.6. The molecule has 0 radical (unpaired) electrons. The number of rotatable bonds is 8. The van der Waals surface area contributed by atoms with Crippen LogP contribution in [0.4, 0.5) is 4.39 Å². The number of halogens is 1. The molecule has 0 saturated heterocycles. The summed E-state index contributed by atoms with van der Waals surface area (Å²) in [6.07, 6.45) is 3.54. The molecule has 3 aromatic rings. The summed E-state index contributed by atoms with van der Waals surface area (Å²) in [5.74, 6) is 1.30. The van der Waals surface area contributed by atoms with Gasteiger partial charge in [-0.15, -0.1) is 0 Å². The maximum Gasteiger partial charge on any atom is 0.127 e. The number of benzene rings is 2. The Morgan fingerprint density at radius 3 is 2.30 bits per heavy atom. The summed E-state index contributed by atoms with van der Waals surface area (Å²) in [6, 6.07) is 16.6. The minimum absolute atomic E-state index is 0.195. The van der Waals surface area contributed by atoms with E-state index in [0.717, 1.165) is 22.6 Å². The van der Waals surface area contributed by atoms with Crippen molar-refractivity contribution in [3.05, 3.63) is 89.5 Å². The summed E-state index contributed by atoms with van der Waals surface area (Å²) < 4.78 is 25.0. The molecular formula is C22H23FN2O2. The second kappa shape index (κ2) is 9.14. The van der Waals surface area contributed by atoms with Crippen molar-refractivity contribution in [2.45, 2.75) is 19.6 Å². The Bertz CT molecular complexity index is 871. The van der Waals surface area contributed by atoms with Crippen LogP contribution in [0.3, 0.4) is 0 Å². The van der Waals surface area contributed by atoms with E-state index in [1.54, 1.807) is 32.7 Å². The monoisotopic (exact) mass is 366 g/mol. The van der Waals surface area contributed by atoms with Gasteiger partial charge in [-0.05, 0) is 29.8 Å². The Labute approximate surface area is 159 Å². The summed E-state index contributed by atoms with van der Waals surface area (Å²) in [6.45, 7) is 1.78. The molecule has 0 fully saturated rings. The molecule has 0 bridgehead atoms. The highest BCUT2D eigenvalue weighted by Crippen LogP contribution is 2.27. The summed E-state index contributed by atoms with van der Waals surface area (Å²) >= 11 is 0. The molecule has 0 N–H and O–H groups in total. The van der Waals surface area contributed by atoms with E-state index in [4.69, 9.17) is 9.47 Å². The Hall–Kier alpha value is -2.92. The highest BCUT2D eigenvalue weighted by molar-refractivity contribution is 5.40. The van der Waals surface area contributed by atoms with Crippen molar-refractivity contribution in [1.29, 1.82) is 0 Å². The Morgan fingerprint density at radius 1 is 0.852 bits per heavy atom. The largest absolute Gasteiger partial charge is 0.497 e. The minimum Gasteiger partial charge on any atom is -0.497 e. The SMILES string of the molecule is COc1ccc(CN(Cc2ccncc2)Cc2ccccc2F)c(OC)c1. The third-order valence-electron chi connectivity index (χ3n) is 4.40. The molecule has 0 aliphatic heterocycles. The van der Waals surface area contributed by atoms with E-state index >= 15 is 0 Å². The molecule has 3 rings (SSSR count). The number of hydrogen-bond donors (Lipinski definition) is 0. The van der Waals surface area contributed by atoms with Crippen molar-refractivity contribution in [2.24, 2.45) is 0 Å². The van der Waals surface area contributed by atoms with Gasteiger partial charge < -0.3 is 9.47 Å². The predicted octanol–water partition coefficient (Wildman–Crippen LogP) is 4.44. The van der Waals surface area contributed by atoms with Gasteiger partial charge in [-0.2, -0.15) is 0 Å². The van der Waals surface area contributed by atoms with Crippen molar-refractivity contribution in [1.82, 2.24) is 9.88 Å². The number of aromatic nitrogens is 1. The van der Waals surface area contributed by atoms with Gasteiger partial charge in [-0.25, -0.2) is 4.39 Å². The highest BCUT2D eigenvalue weighted by atomic mass is 19.1. The van der Waals surface area contributed by atoms with E-state index in [1.165, 1.54) is 6.07 Å². The number of pyridine rings is 1. The first-order valence-corrected chi connectivity index (χ1v) is 8.75. The minimum atomic E-state index is -0.195. The van der Waals surface area contributed by atoms with Crippen molar-refractivity contribution in [3.8, 4) is 11.5 Å². The van der Waals surface area contributed by atoms with Crippen LogP contribution in [0.1, 0.15) is 16.7 Å². The molecule has 27 heavy (non-hydrogen) atoms. The van der Waals surface area contributed by atoms with Crippen LogP contribution in [0.15, 0.2) is 67.0 Å². The summed E-state index contributed by atoms with van der Waals surface area (Å²) in [5, 5.41) is 0. The number of nitrogens with zero attached hydrogens (tertiary/aromatic N) is 2. The van der Waals surface area contributed by atoms with Gasteiger partial charge in [0.2, 0.25) is 0 Å². The van der Waals surface area contributed by atoms with Crippen LogP contribution in [0.5, 0.6) is 11.5 Å². The normalized spacial score (nSPS) is 10.8. The zero-order valence-electron chi connectivity index (χ0n) is 15.6. The number of hydrogen-bond acceptors (Lipinski definition) is 4. The fourth-order valence-electron chi connectivity index (χ4n) is 3.01. The highest BCUT2D eigenvalue weighted by Gasteiger charge is 2.14. The van der Waals surface area contributed by atoms with Gasteiger partial charge in [0.05, 0.1) is 14.2 Å². The molecule has 1 heterocycles. The van der Waals surface area contributed by atoms with Crippen molar-refractivity contribution >= 4 is 0 Å². The van der Waals surface area contributed by atoms with Gasteiger partial charge in [0.1, 0.15) is 17.3 Å². The molecule has 0 unspecified atom stereocenters. The molecule has 0 saturated carbocycles. The first-order chi connectivity index (χ1) is 13.2. The lowest BCUT2D eigenvalue weighted by molar-refractivity contribution is 0.240. The maximum atomic E-state index is 14.2. The molecule has 0 aliphatic rings. The van der Waals surface area contributed by atoms with Crippen LogP contribution >= 0.6 is 0 Å². The third kappa shape index (κ3) is 5.05. The van der Waals surface area contributed by atoms with Gasteiger partial charge in [0, 0.05) is 49.2 Å². The average Bonchev–Trinajstić information content (AvgIpc) is 2.70. The van der Waals surface area contributed by atoms with Crippen LogP contribution in [0, 0.1) is 5.82 Å². The lowest BCUT2D eigenvalue weighted by Gasteiger charge is -2.24. The van der Waals surface area contributed by atoms with Crippen LogP contribution in [-0.2, 0) is 19.6 Å². The van der Waals surface area contributed by atoms with Crippen LogP contribution in [0.25, 0.3) is 0 Å². The van der Waals surface area contributed by atoms with Crippen molar-refractivity contribution in [2.75, 3.05) is 14.2 Å². The quantitative estimate of drug-likeness (QED) is 0.590. The van der Waals surface area contributed by atoms with Crippen molar-refractivity contribution in [3.63, 3.8) is 0 Å². The standard InChI is InChI=1S/C22H23FN2O2/c1-26-20-8-7-19(22(13-20)27-2)16-25(14-17-9-11-24-12-10-17)15-18-5-3-4-6-21(18)23/h3-13H,14-16H2,1-2H3. The second-order valence-corrected chi connectivity index (χ2v) is 6.27. The Morgan fingerprint density at radius 2 is 1.59 bits per heavy atom. The van der Waals surface area contributed by atoms with Gasteiger partial charge in [-0.1, -0.05) is 24.3 Å². The summed E-state index contributed by atoms with van der Waals surface area (Å²) in [4.78, 5) is 6.25. The van der Waals surface area contributed by atoms with Crippen LogP contribution in [0.2, 0.25) is 0 Å². The first kappa shape index (κ1) is 18.9. The Kier molecular flexibility index (Phi) is 6.39. The van der Waals surface area contributed by atoms with Crippen LogP contribution < -0.4 is 9.47 Å². The topological polar surface area (TPSA) is 34.6 Å². The molecule has 0 amide bonds.